The number of hydrogen-bond donors (Lipinski definition) is 0. The summed E-state index contributed by atoms with van der Waals surface area (Å²) < 4.78 is 2.20. The predicted octanol–water partition coefficient (Wildman–Crippen LogP) is 7.45. The Hall–Kier alpha value is -4.76. The zero-order chi connectivity index (χ0) is 26.4. The van der Waals surface area contributed by atoms with Gasteiger partial charge in [-0.25, -0.2) is 10.3 Å². The fourth-order valence-electron chi connectivity index (χ4n) is 3.89. The maximum absolute atomic E-state index is 9.02. The molecule has 13 heteroatoms. The average molecular weight is 564 g/mol. The monoisotopic (exact) mass is 563 g/mol. The van der Waals surface area contributed by atoms with Gasteiger partial charge in [-0.3, -0.25) is 0 Å². The van der Waals surface area contributed by atoms with Gasteiger partial charge in [0, 0.05) is 37.3 Å². The maximum atomic E-state index is 9.02. The van der Waals surface area contributed by atoms with Crippen molar-refractivity contribution in [3.05, 3.63) is 47.8 Å². The van der Waals surface area contributed by atoms with E-state index in [9.17, 15) is 0 Å². The highest BCUT2D eigenvalue weighted by molar-refractivity contribution is 7.33. The van der Waals surface area contributed by atoms with Crippen molar-refractivity contribution >= 4 is 98.1 Å². The lowest BCUT2D eigenvalue weighted by Crippen LogP contribution is -1.90. The molecule has 0 spiro atoms. The van der Waals surface area contributed by atoms with Crippen LogP contribution in [0, 0.1) is 40.6 Å². The number of aromatic nitrogens is 3. The minimum absolute atomic E-state index is 0.177. The third-order valence-electron chi connectivity index (χ3n) is 5.42. The fraction of sp³-hybridized carbons (Fsp3) is 0.0400. The Labute approximate surface area is 230 Å². The zero-order valence-corrected chi connectivity index (χ0v) is 22.4. The summed E-state index contributed by atoms with van der Waals surface area (Å²) in [6, 6.07) is 17.1. The highest BCUT2D eigenvalue weighted by atomic mass is 32.1. The topological polar surface area (TPSA) is 131 Å². The quantitative estimate of drug-likeness (QED) is 0.125. The summed E-state index contributed by atoms with van der Waals surface area (Å²) in [6.45, 7) is 7.06. The largest absolute Gasteiger partial charge is 0.351 e. The molecule has 0 aliphatic carbocycles. The van der Waals surface area contributed by atoms with Crippen LogP contribution in [0.25, 0.3) is 55.6 Å². The van der Waals surface area contributed by atoms with Crippen LogP contribution in [0.2, 0.25) is 0 Å². The molecule has 0 aliphatic heterocycles. The van der Waals surface area contributed by atoms with E-state index in [0.717, 1.165) is 50.7 Å². The summed E-state index contributed by atoms with van der Waals surface area (Å²) in [5.41, 5.74) is 1.46. The molecular formula is C25H9N9S4. The smallest absolute Gasteiger partial charge is 0.350 e. The second kappa shape index (κ2) is 9.28. The fourth-order valence-corrected chi connectivity index (χ4v) is 8.29. The number of rotatable bonds is 4. The summed E-state index contributed by atoms with van der Waals surface area (Å²) in [4.78, 5) is 17.0. The van der Waals surface area contributed by atoms with Crippen molar-refractivity contribution in [3.8, 4) is 37.7 Å². The van der Waals surface area contributed by atoms with Crippen LogP contribution in [0.15, 0.2) is 46.4 Å². The normalized spacial score (nSPS) is 11.3. The van der Waals surface area contributed by atoms with E-state index in [1.165, 1.54) is 22.7 Å². The van der Waals surface area contributed by atoms with Crippen LogP contribution in [0.5, 0.6) is 0 Å². The Bertz CT molecular complexity index is 1970. The number of amidine groups is 1. The Morgan fingerprint density at radius 2 is 1.32 bits per heavy atom. The molecule has 0 unspecified atom stereocenters. The van der Waals surface area contributed by atoms with Gasteiger partial charge in [0.1, 0.15) is 34.2 Å². The first-order valence-corrected chi connectivity index (χ1v) is 13.9. The third-order valence-corrected chi connectivity index (χ3v) is 10.2. The van der Waals surface area contributed by atoms with Gasteiger partial charge in [-0.15, -0.1) is 34.0 Å². The number of aryl methyl sites for hydroxylation is 1. The molecule has 0 radical (unpaired) electrons. The highest BCUT2D eigenvalue weighted by Gasteiger charge is 2.20. The van der Waals surface area contributed by atoms with Crippen LogP contribution in [0.4, 0.5) is 10.0 Å². The van der Waals surface area contributed by atoms with Crippen molar-refractivity contribution < 1.29 is 0 Å². The second-order valence-electron chi connectivity index (χ2n) is 7.71. The minimum atomic E-state index is -0.192. The second-order valence-corrected chi connectivity index (χ2v) is 11.9. The van der Waals surface area contributed by atoms with E-state index in [1.807, 2.05) is 18.2 Å². The number of benzene rings is 1. The first-order chi connectivity index (χ1) is 18.5. The van der Waals surface area contributed by atoms with Crippen molar-refractivity contribution in [1.82, 2.24) is 15.0 Å². The molecule has 5 heterocycles. The van der Waals surface area contributed by atoms with Crippen LogP contribution in [-0.4, -0.2) is 26.5 Å². The van der Waals surface area contributed by atoms with E-state index in [4.69, 9.17) is 22.4 Å². The molecular weight excluding hydrogens is 555 g/mol. The molecule has 0 saturated heterocycles. The van der Waals surface area contributed by atoms with E-state index in [-0.39, 0.29) is 11.5 Å². The van der Waals surface area contributed by atoms with Crippen molar-refractivity contribution in [1.29, 1.82) is 15.8 Å². The molecule has 0 fully saturated rings. The van der Waals surface area contributed by atoms with E-state index in [0.29, 0.717) is 10.0 Å². The Morgan fingerprint density at radius 3 is 1.79 bits per heavy atom. The molecule has 9 nitrogen and oxygen atoms in total. The van der Waals surface area contributed by atoms with Crippen LogP contribution >= 0.6 is 45.3 Å². The van der Waals surface area contributed by atoms with Gasteiger partial charge in [0.15, 0.2) is 0 Å². The van der Waals surface area contributed by atoms with Gasteiger partial charge in [-0.05, 0) is 36.4 Å². The standard InChI is InChI=1S/C25H9N9S4/c1-29-19(11-28)31-21-6-4-16(36-21)18-8-14-23-22(32-34(2)33-23)13-7-17(37-24(13)25(14)38-18)15-3-5-20(35-15)30-12(9-26)10-27/h3-8H,2H3. The summed E-state index contributed by atoms with van der Waals surface area (Å²) in [7, 11) is 1.80. The molecule has 0 atom stereocenters. The van der Waals surface area contributed by atoms with Gasteiger partial charge in [-0.2, -0.15) is 25.5 Å². The molecule has 0 saturated carbocycles. The Balaban J connectivity index is 1.51. The lowest BCUT2D eigenvalue weighted by molar-refractivity contribution is 0.666. The average Bonchev–Trinajstić information content (AvgIpc) is 3.74. The summed E-state index contributed by atoms with van der Waals surface area (Å²) in [5.74, 6) is -0.192. The van der Waals surface area contributed by atoms with Crippen LogP contribution < -0.4 is 0 Å². The van der Waals surface area contributed by atoms with Crippen molar-refractivity contribution in [2.75, 3.05) is 0 Å². The lowest BCUT2D eigenvalue weighted by Gasteiger charge is -1.93. The van der Waals surface area contributed by atoms with Crippen LogP contribution in [-0.2, 0) is 7.05 Å². The molecule has 38 heavy (non-hydrogen) atoms. The highest BCUT2D eigenvalue weighted by Crippen LogP contribution is 2.49. The van der Waals surface area contributed by atoms with Gasteiger partial charge < -0.3 is 4.85 Å². The van der Waals surface area contributed by atoms with Gasteiger partial charge in [0.2, 0.25) is 10.7 Å². The Kier molecular flexibility index (Phi) is 5.77. The first-order valence-electron chi connectivity index (χ1n) is 10.7. The molecule has 1 aromatic carbocycles. The molecule has 5 aromatic heterocycles. The predicted molar refractivity (Wildman–Crippen MR) is 154 cm³/mol. The summed E-state index contributed by atoms with van der Waals surface area (Å²) >= 11 is 6.15. The Morgan fingerprint density at radius 1 is 0.789 bits per heavy atom. The van der Waals surface area contributed by atoms with Gasteiger partial charge in [-0.1, -0.05) is 22.9 Å². The molecule has 6 rings (SSSR count). The van der Waals surface area contributed by atoms with Crippen molar-refractivity contribution in [3.63, 3.8) is 0 Å². The van der Waals surface area contributed by atoms with Crippen molar-refractivity contribution in [2.45, 2.75) is 0 Å². The number of aliphatic imine (C=N–C) groups is 2. The van der Waals surface area contributed by atoms with E-state index >= 15 is 0 Å². The molecule has 6 aromatic rings. The van der Waals surface area contributed by atoms with E-state index < -0.39 is 0 Å². The molecule has 0 amide bonds. The number of thiophene rings is 4. The minimum Gasteiger partial charge on any atom is -0.351 e. The third kappa shape index (κ3) is 3.93. The van der Waals surface area contributed by atoms with Crippen LogP contribution in [0.1, 0.15) is 0 Å². The lowest BCUT2D eigenvalue weighted by atomic mass is 10.1. The summed E-state index contributed by atoms with van der Waals surface area (Å²) in [5, 5.41) is 39.6. The van der Waals surface area contributed by atoms with Gasteiger partial charge in [0.05, 0.1) is 9.40 Å². The number of nitrogens with zero attached hydrogens (tertiary/aromatic N) is 9. The molecule has 0 N–H and O–H groups in total. The number of fused-ring (bicyclic) bond motifs is 6. The maximum Gasteiger partial charge on any atom is 0.350 e. The van der Waals surface area contributed by atoms with E-state index in [2.05, 4.69) is 37.2 Å². The van der Waals surface area contributed by atoms with Crippen molar-refractivity contribution in [2.24, 2.45) is 17.0 Å². The first kappa shape index (κ1) is 23.6. The van der Waals surface area contributed by atoms with Gasteiger partial charge in [0.25, 0.3) is 0 Å². The zero-order valence-electron chi connectivity index (χ0n) is 19.1. The molecule has 0 bridgehead atoms. The van der Waals surface area contributed by atoms with E-state index in [1.54, 1.807) is 58.8 Å². The number of nitriles is 3. The molecule has 178 valence electrons. The number of hydrogen-bond acceptors (Lipinski definition) is 11. The van der Waals surface area contributed by atoms with Gasteiger partial charge >= 0.3 is 5.84 Å². The van der Waals surface area contributed by atoms with Crippen LogP contribution in [0.3, 0.4) is 0 Å². The SMILES string of the molecule is [C-]#[N+]C(C#N)=Nc1ccc(-c2cc3c4nn(C)nc4c4cc(-c5ccc(N=C(C#N)C#N)s5)sc4c3s2)s1. The molecule has 0 aliphatic rings. The summed E-state index contributed by atoms with van der Waals surface area (Å²) in [6.07, 6.45) is 0.